The number of piperidine rings is 1. The first-order valence-electron chi connectivity index (χ1n) is 12.0. The zero-order chi connectivity index (χ0) is 21.6. The van der Waals surface area contributed by atoms with Gasteiger partial charge in [0.1, 0.15) is 0 Å². The summed E-state index contributed by atoms with van der Waals surface area (Å²) >= 11 is 0. The summed E-state index contributed by atoms with van der Waals surface area (Å²) in [4.78, 5) is 18.0. The van der Waals surface area contributed by atoms with Crippen LogP contribution in [0.3, 0.4) is 0 Å². The molecular formula is C27H37N3O. The van der Waals surface area contributed by atoms with Gasteiger partial charge in [-0.05, 0) is 43.9 Å². The van der Waals surface area contributed by atoms with Crippen molar-refractivity contribution in [3.8, 4) is 0 Å². The Morgan fingerprint density at radius 2 is 1.68 bits per heavy atom. The second-order valence-electron chi connectivity index (χ2n) is 9.32. The van der Waals surface area contributed by atoms with Crippen LogP contribution >= 0.6 is 0 Å². The lowest BCUT2D eigenvalue weighted by Gasteiger charge is -2.35. The van der Waals surface area contributed by atoms with Crippen molar-refractivity contribution in [2.45, 2.75) is 63.1 Å². The third-order valence-electron chi connectivity index (χ3n) is 7.43. The minimum atomic E-state index is 0.0974. The molecule has 2 aliphatic heterocycles. The molecule has 0 bridgehead atoms. The van der Waals surface area contributed by atoms with Crippen molar-refractivity contribution < 1.29 is 4.79 Å². The van der Waals surface area contributed by atoms with E-state index in [0.29, 0.717) is 24.5 Å². The Hall–Kier alpha value is -2.17. The molecule has 1 N–H and O–H groups in total. The summed E-state index contributed by atoms with van der Waals surface area (Å²) < 4.78 is 0. The van der Waals surface area contributed by atoms with Crippen LogP contribution < -0.4 is 5.32 Å². The predicted molar refractivity (Wildman–Crippen MR) is 127 cm³/mol. The Kier molecular flexibility index (Phi) is 7.41. The molecule has 2 aromatic rings. The highest BCUT2D eigenvalue weighted by Gasteiger charge is 2.34. The topological polar surface area (TPSA) is 35.6 Å². The largest absolute Gasteiger partial charge is 0.341 e. The third-order valence-corrected chi connectivity index (χ3v) is 7.43. The number of carbonyl (C=O) groups excluding carboxylic acids is 1. The van der Waals surface area contributed by atoms with E-state index in [0.717, 1.165) is 26.1 Å². The Bertz CT molecular complexity index is 779. The Labute approximate surface area is 187 Å². The summed E-state index contributed by atoms with van der Waals surface area (Å²) in [5, 5.41) is 3.70. The van der Waals surface area contributed by atoms with Crippen molar-refractivity contribution in [3.05, 3.63) is 71.8 Å². The highest BCUT2D eigenvalue weighted by Crippen LogP contribution is 2.29. The van der Waals surface area contributed by atoms with Gasteiger partial charge in [-0.3, -0.25) is 9.69 Å². The molecule has 4 heteroatoms. The van der Waals surface area contributed by atoms with E-state index in [1.807, 2.05) is 24.1 Å². The van der Waals surface area contributed by atoms with Crippen LogP contribution in [0, 0.1) is 0 Å². The molecule has 3 unspecified atom stereocenters. The van der Waals surface area contributed by atoms with Crippen LogP contribution in [0.2, 0.25) is 0 Å². The molecule has 31 heavy (non-hydrogen) atoms. The highest BCUT2D eigenvalue weighted by atomic mass is 16.2. The van der Waals surface area contributed by atoms with E-state index in [4.69, 9.17) is 0 Å². The van der Waals surface area contributed by atoms with Crippen molar-refractivity contribution in [3.63, 3.8) is 0 Å². The maximum atomic E-state index is 13.4. The van der Waals surface area contributed by atoms with Gasteiger partial charge in [-0.2, -0.15) is 0 Å². The predicted octanol–water partition coefficient (Wildman–Crippen LogP) is 4.27. The molecule has 0 spiro atoms. The van der Waals surface area contributed by atoms with Gasteiger partial charge in [-0.15, -0.1) is 0 Å². The SMILES string of the molecule is CC(C1CCCCN1)N1CCC(N(C)C(=O)CC(c2ccccc2)c2ccccc2)C1. The minimum Gasteiger partial charge on any atom is -0.341 e. The highest BCUT2D eigenvalue weighted by molar-refractivity contribution is 5.78. The number of hydrogen-bond donors (Lipinski definition) is 1. The molecule has 1 amide bonds. The summed E-state index contributed by atoms with van der Waals surface area (Å²) in [6.07, 6.45) is 5.49. The van der Waals surface area contributed by atoms with Crippen LogP contribution in [0.25, 0.3) is 0 Å². The second-order valence-corrected chi connectivity index (χ2v) is 9.32. The first-order valence-corrected chi connectivity index (χ1v) is 12.0. The molecule has 0 radical (unpaired) electrons. The normalized spacial score (nSPS) is 23.1. The summed E-state index contributed by atoms with van der Waals surface area (Å²) in [6.45, 7) is 5.57. The summed E-state index contributed by atoms with van der Waals surface area (Å²) in [5.41, 5.74) is 2.42. The smallest absolute Gasteiger partial charge is 0.223 e. The number of benzene rings is 2. The molecule has 2 aromatic carbocycles. The molecule has 2 aliphatic rings. The average molecular weight is 420 g/mol. The van der Waals surface area contributed by atoms with E-state index in [1.165, 1.54) is 30.4 Å². The quantitative estimate of drug-likeness (QED) is 0.728. The summed E-state index contributed by atoms with van der Waals surface area (Å²) in [7, 11) is 2.01. The number of nitrogens with zero attached hydrogens (tertiary/aromatic N) is 2. The van der Waals surface area contributed by atoms with E-state index in [9.17, 15) is 4.79 Å². The molecule has 0 saturated carbocycles. The molecule has 0 aliphatic carbocycles. The number of amides is 1. The van der Waals surface area contributed by atoms with Crippen molar-refractivity contribution in [1.29, 1.82) is 0 Å². The first-order chi connectivity index (χ1) is 15.1. The van der Waals surface area contributed by atoms with Crippen LogP contribution in [-0.2, 0) is 4.79 Å². The van der Waals surface area contributed by atoms with Crippen molar-refractivity contribution in [2.75, 3.05) is 26.7 Å². The van der Waals surface area contributed by atoms with Crippen molar-refractivity contribution in [2.24, 2.45) is 0 Å². The molecule has 166 valence electrons. The second kappa shape index (κ2) is 10.4. The van der Waals surface area contributed by atoms with Crippen LogP contribution in [0.15, 0.2) is 60.7 Å². The van der Waals surface area contributed by atoms with Gasteiger partial charge in [0.25, 0.3) is 0 Å². The number of likely N-dealkylation sites (tertiary alicyclic amines) is 1. The summed E-state index contributed by atoms with van der Waals surface area (Å²) in [5.74, 6) is 0.341. The molecule has 4 rings (SSSR count). The average Bonchev–Trinajstić information content (AvgIpc) is 3.33. The van der Waals surface area contributed by atoms with Gasteiger partial charge in [-0.25, -0.2) is 0 Å². The van der Waals surface area contributed by atoms with E-state index in [-0.39, 0.29) is 11.8 Å². The number of likely N-dealkylation sites (N-methyl/N-ethyl adjacent to an activating group) is 1. The van der Waals surface area contributed by atoms with Gasteiger partial charge < -0.3 is 10.2 Å². The fourth-order valence-corrected chi connectivity index (χ4v) is 5.32. The Balaban J connectivity index is 1.40. The molecule has 0 aromatic heterocycles. The van der Waals surface area contributed by atoms with E-state index < -0.39 is 0 Å². The third kappa shape index (κ3) is 5.36. The van der Waals surface area contributed by atoms with Crippen LogP contribution in [0.4, 0.5) is 0 Å². The molecule has 2 heterocycles. The van der Waals surface area contributed by atoms with E-state index >= 15 is 0 Å². The zero-order valence-electron chi connectivity index (χ0n) is 19.0. The standard InChI is InChI=1S/C27H37N3O/c1-21(26-15-9-10-17-28-26)30-18-16-24(20-30)29(2)27(31)19-25(22-11-5-3-6-12-22)23-13-7-4-8-14-23/h3-8,11-14,21,24-26,28H,9-10,15-20H2,1-2H3. The van der Waals surface area contributed by atoms with Gasteiger partial charge in [0.15, 0.2) is 0 Å². The van der Waals surface area contributed by atoms with Crippen LogP contribution in [0.5, 0.6) is 0 Å². The zero-order valence-corrected chi connectivity index (χ0v) is 19.0. The van der Waals surface area contributed by atoms with Gasteiger partial charge in [-0.1, -0.05) is 67.1 Å². The number of nitrogens with one attached hydrogen (secondary N) is 1. The van der Waals surface area contributed by atoms with Gasteiger partial charge >= 0.3 is 0 Å². The lowest BCUT2D eigenvalue weighted by molar-refractivity contribution is -0.132. The van der Waals surface area contributed by atoms with Crippen molar-refractivity contribution in [1.82, 2.24) is 15.1 Å². The Morgan fingerprint density at radius 1 is 1.03 bits per heavy atom. The van der Waals surface area contributed by atoms with E-state index in [1.54, 1.807) is 0 Å². The number of hydrogen-bond acceptors (Lipinski definition) is 3. The van der Waals surface area contributed by atoms with Gasteiger partial charge in [0.2, 0.25) is 5.91 Å². The fourth-order valence-electron chi connectivity index (χ4n) is 5.32. The maximum Gasteiger partial charge on any atom is 0.223 e. The minimum absolute atomic E-state index is 0.0974. The molecule has 4 nitrogen and oxygen atoms in total. The number of rotatable bonds is 7. The van der Waals surface area contributed by atoms with Crippen LogP contribution in [0.1, 0.15) is 56.1 Å². The molecule has 2 fully saturated rings. The lowest BCUT2D eigenvalue weighted by atomic mass is 9.88. The lowest BCUT2D eigenvalue weighted by Crippen LogP contribution is -2.50. The van der Waals surface area contributed by atoms with Crippen molar-refractivity contribution >= 4 is 5.91 Å². The Morgan fingerprint density at radius 3 is 2.26 bits per heavy atom. The maximum absolute atomic E-state index is 13.4. The van der Waals surface area contributed by atoms with Gasteiger partial charge in [0, 0.05) is 50.6 Å². The molecule has 2 saturated heterocycles. The van der Waals surface area contributed by atoms with Crippen LogP contribution in [-0.4, -0.2) is 60.5 Å². The summed E-state index contributed by atoms with van der Waals surface area (Å²) in [6, 6.07) is 22.3. The molecule has 3 atom stereocenters. The van der Waals surface area contributed by atoms with Gasteiger partial charge in [0.05, 0.1) is 0 Å². The number of carbonyl (C=O) groups is 1. The molecular weight excluding hydrogens is 382 g/mol. The monoisotopic (exact) mass is 419 g/mol. The van der Waals surface area contributed by atoms with E-state index in [2.05, 4.69) is 65.7 Å². The fraction of sp³-hybridized carbons (Fsp3) is 0.519. The first kappa shape index (κ1) is 22.0.